The lowest BCUT2D eigenvalue weighted by molar-refractivity contribution is -0.137. The zero-order chi connectivity index (χ0) is 27.2. The molecule has 1 aromatic heterocycles. The van der Waals surface area contributed by atoms with Crippen LogP contribution in [0.5, 0.6) is 0 Å². The fraction of sp³-hybridized carbons (Fsp3) is 0.222. The van der Waals surface area contributed by atoms with Crippen LogP contribution < -0.4 is 10.6 Å². The molecule has 4 aromatic rings. The summed E-state index contributed by atoms with van der Waals surface area (Å²) < 4.78 is 84.8. The van der Waals surface area contributed by atoms with E-state index < -0.39 is 41.2 Å². The third kappa shape index (κ3) is 4.63. The number of aromatic nitrogens is 2. The van der Waals surface area contributed by atoms with Gasteiger partial charge in [-0.25, -0.2) is 23.1 Å². The molecule has 2 atom stereocenters. The molecule has 2 N–H and O–H groups in total. The summed E-state index contributed by atoms with van der Waals surface area (Å²) in [5.41, 5.74) is 4.30. The third-order valence-corrected chi connectivity index (χ3v) is 6.53. The molecule has 0 radical (unpaired) electrons. The number of halogens is 6. The number of fused-ring (bicyclic) bond motifs is 1. The van der Waals surface area contributed by atoms with Gasteiger partial charge in [-0.1, -0.05) is 18.2 Å². The lowest BCUT2D eigenvalue weighted by Gasteiger charge is -2.33. The van der Waals surface area contributed by atoms with Gasteiger partial charge < -0.3 is 10.6 Å². The fourth-order valence-electron chi connectivity index (χ4n) is 4.54. The first-order valence-corrected chi connectivity index (χ1v) is 11.6. The van der Waals surface area contributed by atoms with Crippen molar-refractivity contribution >= 4 is 16.9 Å². The summed E-state index contributed by atoms with van der Waals surface area (Å²) in [5, 5.41) is 9.32. The average Bonchev–Trinajstić information content (AvgIpc) is 2.88. The van der Waals surface area contributed by atoms with E-state index in [4.69, 9.17) is 11.0 Å². The van der Waals surface area contributed by atoms with Gasteiger partial charge in [-0.05, 0) is 48.4 Å². The standard InChI is InChI=1S/C27H19F6N5/c28-19-3-1-2-18(27(31,32)33)24(19)14-6-7-23-17(10-14)25(15-4-5-16(12-34)20(29)11-15)37-26(36-23)38-9-8-22(35)21(30)13-38/h1-7,10-11,21-22H,8-9,13,35H2/t21-,22+/m1/s1. The van der Waals surface area contributed by atoms with Crippen molar-refractivity contribution in [3.63, 3.8) is 0 Å². The van der Waals surface area contributed by atoms with Crippen LogP contribution in [-0.4, -0.2) is 35.3 Å². The Morgan fingerprint density at radius 2 is 1.74 bits per heavy atom. The predicted molar refractivity (Wildman–Crippen MR) is 130 cm³/mol. The van der Waals surface area contributed by atoms with Crippen LogP contribution in [-0.2, 0) is 6.18 Å². The molecule has 1 aliphatic heterocycles. The smallest absolute Gasteiger partial charge is 0.338 e. The molecule has 1 fully saturated rings. The normalized spacial score (nSPS) is 18.0. The minimum absolute atomic E-state index is 0.0733. The minimum atomic E-state index is -4.82. The van der Waals surface area contributed by atoms with E-state index in [1.165, 1.54) is 30.3 Å². The van der Waals surface area contributed by atoms with Crippen molar-refractivity contribution in [3.8, 4) is 28.5 Å². The molecular weight excluding hydrogens is 508 g/mol. The Hall–Kier alpha value is -4.17. The van der Waals surface area contributed by atoms with Gasteiger partial charge in [-0.15, -0.1) is 0 Å². The van der Waals surface area contributed by atoms with Crippen LogP contribution in [0.15, 0.2) is 54.6 Å². The molecular formula is C27H19F6N5. The number of nitrogens with zero attached hydrogens (tertiary/aromatic N) is 4. The van der Waals surface area contributed by atoms with Gasteiger partial charge in [0.25, 0.3) is 0 Å². The quantitative estimate of drug-likeness (QED) is 0.330. The van der Waals surface area contributed by atoms with Crippen LogP contribution in [0.2, 0.25) is 0 Å². The third-order valence-electron chi connectivity index (χ3n) is 6.53. The Morgan fingerprint density at radius 1 is 0.974 bits per heavy atom. The van der Waals surface area contributed by atoms with Gasteiger partial charge in [0.15, 0.2) is 0 Å². The highest BCUT2D eigenvalue weighted by Gasteiger charge is 2.35. The van der Waals surface area contributed by atoms with Crippen LogP contribution in [0.3, 0.4) is 0 Å². The molecule has 2 heterocycles. The maximum Gasteiger partial charge on any atom is 0.417 e. The molecule has 0 spiro atoms. The highest BCUT2D eigenvalue weighted by molar-refractivity contribution is 5.96. The van der Waals surface area contributed by atoms with Crippen molar-refractivity contribution in [1.82, 2.24) is 9.97 Å². The summed E-state index contributed by atoms with van der Waals surface area (Å²) in [6.45, 7) is 0.284. The maximum atomic E-state index is 14.7. The topological polar surface area (TPSA) is 78.8 Å². The minimum Gasteiger partial charge on any atom is -0.338 e. The largest absolute Gasteiger partial charge is 0.417 e. The molecule has 11 heteroatoms. The van der Waals surface area contributed by atoms with Gasteiger partial charge in [-0.3, -0.25) is 0 Å². The van der Waals surface area contributed by atoms with Crippen molar-refractivity contribution in [2.24, 2.45) is 5.73 Å². The molecule has 194 valence electrons. The van der Waals surface area contributed by atoms with Gasteiger partial charge in [0, 0.05) is 29.1 Å². The molecule has 0 aliphatic carbocycles. The molecule has 5 nitrogen and oxygen atoms in total. The number of hydrogen-bond donors (Lipinski definition) is 1. The first-order chi connectivity index (χ1) is 18.1. The Morgan fingerprint density at radius 3 is 2.42 bits per heavy atom. The van der Waals surface area contributed by atoms with Gasteiger partial charge in [-0.2, -0.15) is 18.4 Å². The Bertz CT molecular complexity index is 1580. The molecule has 0 unspecified atom stereocenters. The molecule has 0 saturated carbocycles. The fourth-order valence-corrected chi connectivity index (χ4v) is 4.54. The summed E-state index contributed by atoms with van der Waals surface area (Å²) in [5.74, 6) is -1.77. The van der Waals surface area contributed by atoms with E-state index in [1.807, 2.05) is 0 Å². The van der Waals surface area contributed by atoms with Gasteiger partial charge in [0.2, 0.25) is 5.95 Å². The zero-order valence-electron chi connectivity index (χ0n) is 19.6. The van der Waals surface area contributed by atoms with Gasteiger partial charge in [0.1, 0.15) is 23.9 Å². The van der Waals surface area contributed by atoms with E-state index in [2.05, 4.69) is 9.97 Å². The zero-order valence-corrected chi connectivity index (χ0v) is 19.6. The van der Waals surface area contributed by atoms with Gasteiger partial charge in [0.05, 0.1) is 28.9 Å². The lowest BCUT2D eigenvalue weighted by atomic mass is 9.95. The molecule has 5 rings (SSSR count). The molecule has 1 aliphatic rings. The molecule has 38 heavy (non-hydrogen) atoms. The average molecular weight is 527 g/mol. The van der Waals surface area contributed by atoms with Crippen molar-refractivity contribution in [2.45, 2.75) is 24.8 Å². The van der Waals surface area contributed by atoms with E-state index >= 15 is 0 Å². The number of benzene rings is 3. The Labute approximate surface area is 213 Å². The summed E-state index contributed by atoms with van der Waals surface area (Å²) in [7, 11) is 0. The second-order valence-corrected chi connectivity index (χ2v) is 8.99. The van der Waals surface area contributed by atoms with Crippen LogP contribution >= 0.6 is 0 Å². The summed E-state index contributed by atoms with van der Waals surface area (Å²) >= 11 is 0. The number of rotatable bonds is 3. The number of nitrogens with two attached hydrogens (primary N) is 1. The van der Waals surface area contributed by atoms with Crippen molar-refractivity contribution in [1.29, 1.82) is 5.26 Å². The monoisotopic (exact) mass is 527 g/mol. The van der Waals surface area contributed by atoms with Crippen LogP contribution in [0.1, 0.15) is 17.5 Å². The second kappa shape index (κ2) is 9.61. The number of piperidine rings is 1. The highest BCUT2D eigenvalue weighted by atomic mass is 19.4. The molecule has 3 aromatic carbocycles. The predicted octanol–water partition coefficient (Wildman–Crippen LogP) is 6.01. The SMILES string of the molecule is N#Cc1ccc(-c2nc(N3CC[C@H](N)[C@H](F)C3)nc3ccc(-c4c(F)cccc4C(F)(F)F)cc23)cc1F. The number of anilines is 1. The summed E-state index contributed by atoms with van der Waals surface area (Å²) in [6, 6.07) is 11.6. The van der Waals surface area contributed by atoms with E-state index in [9.17, 15) is 26.3 Å². The summed E-state index contributed by atoms with van der Waals surface area (Å²) in [6.07, 6.45) is -5.80. The molecule has 0 bridgehead atoms. The molecule has 0 amide bonds. The van der Waals surface area contributed by atoms with E-state index in [1.54, 1.807) is 11.0 Å². The van der Waals surface area contributed by atoms with Crippen molar-refractivity contribution < 1.29 is 26.3 Å². The second-order valence-electron chi connectivity index (χ2n) is 8.99. The highest BCUT2D eigenvalue weighted by Crippen LogP contribution is 2.40. The maximum absolute atomic E-state index is 14.7. The van der Waals surface area contributed by atoms with Crippen LogP contribution in [0.25, 0.3) is 33.3 Å². The van der Waals surface area contributed by atoms with Crippen molar-refractivity contribution in [3.05, 3.63) is 77.4 Å². The van der Waals surface area contributed by atoms with Crippen LogP contribution in [0.4, 0.5) is 32.3 Å². The summed E-state index contributed by atoms with van der Waals surface area (Å²) in [4.78, 5) is 10.6. The van der Waals surface area contributed by atoms with Crippen LogP contribution in [0, 0.1) is 23.0 Å². The Balaban J connectivity index is 1.74. The first kappa shape index (κ1) is 25.5. The van der Waals surface area contributed by atoms with E-state index in [-0.39, 0.29) is 45.8 Å². The lowest BCUT2D eigenvalue weighted by Crippen LogP contribution is -2.49. The molecule has 1 saturated heterocycles. The first-order valence-electron chi connectivity index (χ1n) is 11.6. The van der Waals surface area contributed by atoms with Gasteiger partial charge >= 0.3 is 6.18 Å². The number of nitriles is 1. The number of hydrogen-bond acceptors (Lipinski definition) is 5. The number of alkyl halides is 4. The van der Waals surface area contributed by atoms with Crippen molar-refractivity contribution in [2.75, 3.05) is 18.0 Å². The van der Waals surface area contributed by atoms with E-state index in [0.29, 0.717) is 13.0 Å². The van der Waals surface area contributed by atoms with E-state index in [0.717, 1.165) is 24.3 Å². The Kier molecular flexibility index (Phi) is 6.44.